The molecule has 2 aromatic rings. The molecule has 3 heteroatoms. The van der Waals surface area contributed by atoms with Crippen LogP contribution in [0.25, 0.3) is 0 Å². The quantitative estimate of drug-likeness (QED) is 0.917. The van der Waals surface area contributed by atoms with Crippen LogP contribution in [0.15, 0.2) is 60.7 Å². The van der Waals surface area contributed by atoms with Crippen molar-refractivity contribution in [1.29, 1.82) is 0 Å². The van der Waals surface area contributed by atoms with Gasteiger partial charge in [-0.1, -0.05) is 48.5 Å². The first-order valence-corrected chi connectivity index (χ1v) is 8.38. The summed E-state index contributed by atoms with van der Waals surface area (Å²) in [6.07, 6.45) is 2.41. The molecular formula is C20H25NO2. The first-order chi connectivity index (χ1) is 11.2. The Morgan fingerprint density at radius 2 is 1.65 bits per heavy atom. The van der Waals surface area contributed by atoms with Gasteiger partial charge in [-0.05, 0) is 44.0 Å². The lowest BCUT2D eigenvalue weighted by Crippen LogP contribution is -2.51. The molecule has 3 rings (SSSR count). The van der Waals surface area contributed by atoms with Crippen LogP contribution in [0, 0.1) is 0 Å². The summed E-state index contributed by atoms with van der Waals surface area (Å²) in [7, 11) is 2.09. The molecule has 23 heavy (non-hydrogen) atoms. The van der Waals surface area contributed by atoms with Gasteiger partial charge in [-0.15, -0.1) is 0 Å². The Kier molecular flexibility index (Phi) is 5.31. The second-order valence-corrected chi connectivity index (χ2v) is 6.36. The van der Waals surface area contributed by atoms with Gasteiger partial charge >= 0.3 is 0 Å². The van der Waals surface area contributed by atoms with E-state index >= 15 is 0 Å². The predicted molar refractivity (Wildman–Crippen MR) is 92.4 cm³/mol. The molecule has 2 aromatic carbocycles. The molecule has 0 heterocycles. The predicted octanol–water partition coefficient (Wildman–Crippen LogP) is 3.48. The van der Waals surface area contributed by atoms with Crippen molar-refractivity contribution in [1.82, 2.24) is 4.90 Å². The first kappa shape index (κ1) is 16.0. The molecule has 0 aromatic heterocycles. The fourth-order valence-electron chi connectivity index (χ4n) is 3.39. The highest BCUT2D eigenvalue weighted by molar-refractivity contribution is 5.21. The van der Waals surface area contributed by atoms with E-state index in [0.717, 1.165) is 31.6 Å². The van der Waals surface area contributed by atoms with Crippen molar-refractivity contribution in [3.8, 4) is 5.75 Å². The molecule has 0 spiro atoms. The summed E-state index contributed by atoms with van der Waals surface area (Å²) in [4.78, 5) is 2.25. The lowest BCUT2D eigenvalue weighted by molar-refractivity contribution is -0.0491. The molecule has 0 bridgehead atoms. The molecule has 0 radical (unpaired) electrons. The number of likely N-dealkylation sites (N-methyl/N-ethyl adjacent to an activating group) is 1. The summed E-state index contributed by atoms with van der Waals surface area (Å²) in [5.41, 5.74) is 1.27. The van der Waals surface area contributed by atoms with E-state index in [1.165, 1.54) is 5.56 Å². The highest BCUT2D eigenvalue weighted by Crippen LogP contribution is 2.27. The molecular weight excluding hydrogens is 286 g/mol. The summed E-state index contributed by atoms with van der Waals surface area (Å²) in [6, 6.07) is 20.3. The van der Waals surface area contributed by atoms with Crippen LogP contribution in [0.2, 0.25) is 0 Å². The van der Waals surface area contributed by atoms with Crippen molar-refractivity contribution in [2.45, 2.75) is 44.1 Å². The Morgan fingerprint density at radius 1 is 1.00 bits per heavy atom. The lowest BCUT2D eigenvalue weighted by atomic mass is 9.88. The Balaban J connectivity index is 1.63. The zero-order chi connectivity index (χ0) is 16.1. The van der Waals surface area contributed by atoms with Crippen molar-refractivity contribution in [2.24, 2.45) is 0 Å². The SMILES string of the molecule is CN(Cc1ccccc1)[C@@H]1CCC[C@H](Oc2ccccc2)[C@H]1O. The molecule has 3 atom stereocenters. The molecule has 1 aliphatic carbocycles. The van der Waals surface area contributed by atoms with E-state index in [0.29, 0.717) is 0 Å². The Morgan fingerprint density at radius 3 is 2.35 bits per heavy atom. The van der Waals surface area contributed by atoms with E-state index in [2.05, 4.69) is 36.2 Å². The third-order valence-electron chi connectivity index (χ3n) is 4.64. The number of aliphatic hydroxyl groups is 1. The molecule has 1 aliphatic rings. The number of hydrogen-bond acceptors (Lipinski definition) is 3. The topological polar surface area (TPSA) is 32.7 Å². The van der Waals surface area contributed by atoms with E-state index in [4.69, 9.17) is 4.74 Å². The van der Waals surface area contributed by atoms with Crippen LogP contribution in [0.5, 0.6) is 5.75 Å². The minimum absolute atomic E-state index is 0.130. The van der Waals surface area contributed by atoms with Crippen molar-refractivity contribution in [2.75, 3.05) is 7.05 Å². The zero-order valence-electron chi connectivity index (χ0n) is 13.6. The monoisotopic (exact) mass is 311 g/mol. The van der Waals surface area contributed by atoms with Gasteiger partial charge in [0.1, 0.15) is 18.0 Å². The number of nitrogens with zero attached hydrogens (tertiary/aromatic N) is 1. The maximum absolute atomic E-state index is 10.8. The molecule has 0 saturated heterocycles. The number of rotatable bonds is 5. The molecule has 0 unspecified atom stereocenters. The maximum atomic E-state index is 10.8. The van der Waals surface area contributed by atoms with Gasteiger partial charge in [-0.25, -0.2) is 0 Å². The molecule has 122 valence electrons. The normalized spacial score (nSPS) is 24.6. The Hall–Kier alpha value is -1.84. The smallest absolute Gasteiger partial charge is 0.126 e. The van der Waals surface area contributed by atoms with Gasteiger partial charge in [0.25, 0.3) is 0 Å². The second-order valence-electron chi connectivity index (χ2n) is 6.36. The minimum Gasteiger partial charge on any atom is -0.488 e. The standard InChI is InChI=1S/C20H25NO2/c1-21(15-16-9-4-2-5-10-16)18-13-8-14-19(20(18)22)23-17-11-6-3-7-12-17/h2-7,9-12,18-20,22H,8,13-15H2,1H3/t18-,19+,20+/m1/s1. The number of ether oxygens (including phenoxy) is 1. The van der Waals surface area contributed by atoms with Gasteiger partial charge in [-0.2, -0.15) is 0 Å². The first-order valence-electron chi connectivity index (χ1n) is 8.38. The molecule has 1 N–H and O–H groups in total. The van der Waals surface area contributed by atoms with E-state index in [9.17, 15) is 5.11 Å². The number of benzene rings is 2. The van der Waals surface area contributed by atoms with Crippen LogP contribution in [0.1, 0.15) is 24.8 Å². The van der Waals surface area contributed by atoms with E-state index in [1.807, 2.05) is 36.4 Å². The summed E-state index contributed by atoms with van der Waals surface area (Å²) in [5, 5.41) is 10.8. The van der Waals surface area contributed by atoms with Crippen molar-refractivity contribution in [3.05, 3.63) is 66.2 Å². The fourth-order valence-corrected chi connectivity index (χ4v) is 3.39. The second kappa shape index (κ2) is 7.62. The summed E-state index contributed by atoms with van der Waals surface area (Å²) in [5.74, 6) is 0.836. The van der Waals surface area contributed by atoms with Crippen LogP contribution in [0.3, 0.4) is 0 Å². The van der Waals surface area contributed by atoms with Gasteiger partial charge in [0, 0.05) is 12.6 Å². The Labute approximate surface area is 138 Å². The molecule has 1 saturated carbocycles. The van der Waals surface area contributed by atoms with E-state index < -0.39 is 6.10 Å². The van der Waals surface area contributed by atoms with Gasteiger partial charge in [0.05, 0.1) is 0 Å². The number of para-hydroxylation sites is 1. The van der Waals surface area contributed by atoms with Crippen LogP contribution < -0.4 is 4.74 Å². The maximum Gasteiger partial charge on any atom is 0.126 e. The Bertz CT molecular complexity index is 587. The van der Waals surface area contributed by atoms with Crippen molar-refractivity contribution < 1.29 is 9.84 Å². The summed E-state index contributed by atoms with van der Waals surface area (Å²) in [6.45, 7) is 0.848. The van der Waals surface area contributed by atoms with Gasteiger partial charge in [0.15, 0.2) is 0 Å². The van der Waals surface area contributed by atoms with Gasteiger partial charge in [-0.3, -0.25) is 4.90 Å². The molecule has 1 fully saturated rings. The highest BCUT2D eigenvalue weighted by atomic mass is 16.5. The largest absolute Gasteiger partial charge is 0.488 e. The summed E-state index contributed by atoms with van der Waals surface area (Å²) >= 11 is 0. The number of hydrogen-bond donors (Lipinski definition) is 1. The van der Waals surface area contributed by atoms with Crippen LogP contribution in [-0.2, 0) is 6.54 Å². The lowest BCUT2D eigenvalue weighted by Gasteiger charge is -2.39. The van der Waals surface area contributed by atoms with E-state index in [1.54, 1.807) is 0 Å². The summed E-state index contributed by atoms with van der Waals surface area (Å²) < 4.78 is 6.02. The highest BCUT2D eigenvalue weighted by Gasteiger charge is 2.35. The fraction of sp³-hybridized carbons (Fsp3) is 0.400. The van der Waals surface area contributed by atoms with Gasteiger partial charge in [0.2, 0.25) is 0 Å². The van der Waals surface area contributed by atoms with Gasteiger partial charge < -0.3 is 9.84 Å². The third-order valence-corrected chi connectivity index (χ3v) is 4.64. The van der Waals surface area contributed by atoms with Crippen LogP contribution in [-0.4, -0.2) is 35.3 Å². The average Bonchev–Trinajstić information content (AvgIpc) is 2.58. The van der Waals surface area contributed by atoms with Crippen molar-refractivity contribution in [3.63, 3.8) is 0 Å². The molecule has 0 aliphatic heterocycles. The van der Waals surface area contributed by atoms with Crippen molar-refractivity contribution >= 4 is 0 Å². The number of aliphatic hydroxyl groups excluding tert-OH is 1. The molecule has 3 nitrogen and oxygen atoms in total. The molecule has 0 amide bonds. The van der Waals surface area contributed by atoms with Crippen LogP contribution in [0.4, 0.5) is 0 Å². The average molecular weight is 311 g/mol. The third kappa shape index (κ3) is 4.12. The van der Waals surface area contributed by atoms with E-state index in [-0.39, 0.29) is 12.1 Å². The van der Waals surface area contributed by atoms with Crippen LogP contribution >= 0.6 is 0 Å². The zero-order valence-corrected chi connectivity index (χ0v) is 13.6. The minimum atomic E-state index is -0.460.